The Labute approximate surface area is 161 Å². The van der Waals surface area contributed by atoms with Gasteiger partial charge in [0.2, 0.25) is 5.84 Å². The van der Waals surface area contributed by atoms with Gasteiger partial charge in [-0.1, -0.05) is 30.9 Å². The maximum absolute atomic E-state index is 12.9. The van der Waals surface area contributed by atoms with Crippen molar-refractivity contribution in [3.63, 3.8) is 0 Å². The molecule has 9 heteroatoms. The molecule has 1 fully saturated rings. The molecule has 0 aliphatic heterocycles. The summed E-state index contributed by atoms with van der Waals surface area (Å²) < 4.78 is 43.8. The number of amidine groups is 1. The summed E-state index contributed by atoms with van der Waals surface area (Å²) in [6, 6.07) is 3.00. The maximum Gasteiger partial charge on any atom is 0.416 e. The summed E-state index contributed by atoms with van der Waals surface area (Å²) >= 11 is 5.97. The summed E-state index contributed by atoms with van der Waals surface area (Å²) in [5.41, 5.74) is 1.60. The number of carbonyl (C=O) groups excluding carboxylic acids is 1. The number of hydrogen-bond donors (Lipinski definition) is 1. The molecular weight excluding hydrogens is 383 g/mol. The number of rotatable bonds is 4. The molecule has 0 atom stereocenters. The fraction of sp³-hybridized carbons (Fsp3) is 0.556. The van der Waals surface area contributed by atoms with E-state index in [1.165, 1.54) is 0 Å². The monoisotopic (exact) mass is 405 g/mol. The van der Waals surface area contributed by atoms with Crippen LogP contribution in [0.3, 0.4) is 0 Å². The van der Waals surface area contributed by atoms with Crippen LogP contribution in [0.2, 0.25) is 5.02 Å². The molecule has 0 spiro atoms. The third-order valence-corrected chi connectivity index (χ3v) is 4.82. The molecule has 2 rings (SSSR count). The molecule has 1 aromatic rings. The second-order valence-electron chi connectivity index (χ2n) is 6.36. The molecule has 1 N–H and O–H groups in total. The Morgan fingerprint density at radius 3 is 2.59 bits per heavy atom. The molecule has 1 aliphatic rings. The average Bonchev–Trinajstić information content (AvgIpc) is 2.63. The summed E-state index contributed by atoms with van der Waals surface area (Å²) in [6.07, 6.45) is 0.580. The van der Waals surface area contributed by atoms with E-state index in [0.29, 0.717) is 0 Å². The van der Waals surface area contributed by atoms with E-state index in [9.17, 15) is 18.0 Å². The predicted octanol–water partition coefficient (Wildman–Crippen LogP) is 4.91. The minimum Gasteiger partial charge on any atom is -0.460 e. The zero-order valence-electron chi connectivity index (χ0n) is 15.3. The first kappa shape index (κ1) is 21.3. The van der Waals surface area contributed by atoms with Crippen LogP contribution in [0, 0.1) is 0 Å². The van der Waals surface area contributed by atoms with E-state index in [0.717, 1.165) is 50.3 Å². The molecule has 0 saturated heterocycles. The summed E-state index contributed by atoms with van der Waals surface area (Å²) in [4.78, 5) is 14.0. The van der Waals surface area contributed by atoms with Gasteiger partial charge in [0.25, 0.3) is 0 Å². The van der Waals surface area contributed by atoms with Crippen molar-refractivity contribution in [2.24, 2.45) is 5.10 Å². The largest absolute Gasteiger partial charge is 0.460 e. The van der Waals surface area contributed by atoms with Crippen LogP contribution in [0.25, 0.3) is 0 Å². The molecule has 27 heavy (non-hydrogen) atoms. The molecule has 5 nitrogen and oxygen atoms in total. The fourth-order valence-corrected chi connectivity index (χ4v) is 3.17. The third-order valence-electron chi connectivity index (χ3n) is 4.49. The molecule has 150 valence electrons. The number of esters is 1. The van der Waals surface area contributed by atoms with Crippen molar-refractivity contribution in [2.75, 3.05) is 19.1 Å². The van der Waals surface area contributed by atoms with Crippen molar-refractivity contribution in [3.05, 3.63) is 28.8 Å². The van der Waals surface area contributed by atoms with Gasteiger partial charge < -0.3 is 9.64 Å². The lowest BCUT2D eigenvalue weighted by molar-refractivity contribution is -0.138. The fourth-order valence-electron chi connectivity index (χ4n) is 3.01. The lowest BCUT2D eigenvalue weighted by Crippen LogP contribution is -2.43. The first-order chi connectivity index (χ1) is 12.7. The smallest absolute Gasteiger partial charge is 0.416 e. The summed E-state index contributed by atoms with van der Waals surface area (Å²) in [5, 5.41) is 4.10. The SMILES string of the molecule is CCOC(=O)/C(=N/Nc1cc(C(F)(F)F)ccc1Cl)N(C)C1CCCCC1. The summed E-state index contributed by atoms with van der Waals surface area (Å²) in [7, 11) is 1.74. The molecule has 0 radical (unpaired) electrons. The molecule has 1 aliphatic carbocycles. The van der Waals surface area contributed by atoms with Gasteiger partial charge in [0.15, 0.2) is 0 Å². The van der Waals surface area contributed by atoms with Gasteiger partial charge in [0, 0.05) is 13.1 Å². The Kier molecular flexibility index (Phi) is 7.35. The topological polar surface area (TPSA) is 53.9 Å². The highest BCUT2D eigenvalue weighted by Crippen LogP contribution is 2.34. The highest BCUT2D eigenvalue weighted by atomic mass is 35.5. The Morgan fingerprint density at radius 2 is 2.00 bits per heavy atom. The first-order valence-corrected chi connectivity index (χ1v) is 9.22. The molecule has 0 heterocycles. The molecule has 0 amide bonds. The summed E-state index contributed by atoms with van der Waals surface area (Å²) in [5.74, 6) is -0.626. The van der Waals surface area contributed by atoms with Gasteiger partial charge in [-0.2, -0.15) is 13.2 Å². The number of halogens is 4. The van der Waals surface area contributed by atoms with Crippen LogP contribution in [0.15, 0.2) is 23.3 Å². The molecular formula is C18H23ClF3N3O2. The average molecular weight is 406 g/mol. The van der Waals surface area contributed by atoms with E-state index in [2.05, 4.69) is 10.5 Å². The van der Waals surface area contributed by atoms with Crippen molar-refractivity contribution in [1.82, 2.24) is 4.90 Å². The van der Waals surface area contributed by atoms with Crippen LogP contribution in [-0.4, -0.2) is 36.4 Å². The number of ether oxygens (including phenoxy) is 1. The maximum atomic E-state index is 12.9. The normalized spacial score (nSPS) is 16.1. The standard InChI is InChI=1S/C18H23ClF3N3O2/c1-3-27-17(26)16(25(2)13-7-5-4-6-8-13)24-23-15-11-12(18(20,21)22)9-10-14(15)19/h9-11,13,23H,3-8H2,1-2H3/b24-16-. The third kappa shape index (κ3) is 5.76. The van der Waals surface area contributed by atoms with Crippen LogP contribution < -0.4 is 5.43 Å². The van der Waals surface area contributed by atoms with Crippen LogP contribution in [0.1, 0.15) is 44.6 Å². The number of hydrogen-bond acceptors (Lipinski definition) is 4. The van der Waals surface area contributed by atoms with Crippen LogP contribution in [-0.2, 0) is 15.7 Å². The second-order valence-corrected chi connectivity index (χ2v) is 6.77. The molecule has 1 aromatic carbocycles. The number of nitrogens with one attached hydrogen (secondary N) is 1. The molecule has 0 bridgehead atoms. The Balaban J connectivity index is 2.27. The van der Waals surface area contributed by atoms with E-state index in [-0.39, 0.29) is 29.2 Å². The van der Waals surface area contributed by atoms with Gasteiger partial charge >= 0.3 is 12.1 Å². The van der Waals surface area contributed by atoms with E-state index in [1.54, 1.807) is 18.9 Å². The van der Waals surface area contributed by atoms with Crippen LogP contribution in [0.5, 0.6) is 0 Å². The van der Waals surface area contributed by atoms with Gasteiger partial charge in [-0.25, -0.2) is 4.79 Å². The highest BCUT2D eigenvalue weighted by molar-refractivity contribution is 6.35. The molecule has 1 saturated carbocycles. The Morgan fingerprint density at radius 1 is 1.33 bits per heavy atom. The minimum atomic E-state index is -4.51. The number of likely N-dealkylation sites (N-methyl/N-ethyl adjacent to an activating group) is 1. The lowest BCUT2D eigenvalue weighted by atomic mass is 9.94. The van der Waals surface area contributed by atoms with E-state index in [4.69, 9.17) is 16.3 Å². The first-order valence-electron chi connectivity index (χ1n) is 8.84. The zero-order chi connectivity index (χ0) is 20.0. The number of nitrogens with zero attached hydrogens (tertiary/aromatic N) is 2. The van der Waals surface area contributed by atoms with Crippen LogP contribution >= 0.6 is 11.6 Å². The van der Waals surface area contributed by atoms with Crippen molar-refractivity contribution in [1.29, 1.82) is 0 Å². The van der Waals surface area contributed by atoms with Crippen molar-refractivity contribution in [2.45, 2.75) is 51.2 Å². The molecule has 0 aromatic heterocycles. The van der Waals surface area contributed by atoms with Crippen molar-refractivity contribution < 1.29 is 22.7 Å². The number of hydrazone groups is 1. The van der Waals surface area contributed by atoms with E-state index in [1.807, 2.05) is 0 Å². The minimum absolute atomic E-state index is 0.0113. The van der Waals surface area contributed by atoms with Gasteiger partial charge in [0.05, 0.1) is 22.9 Å². The van der Waals surface area contributed by atoms with Crippen molar-refractivity contribution in [3.8, 4) is 0 Å². The number of carbonyl (C=O) groups is 1. The van der Waals surface area contributed by atoms with Gasteiger partial charge in [-0.05, 0) is 38.0 Å². The van der Waals surface area contributed by atoms with Crippen LogP contribution in [0.4, 0.5) is 18.9 Å². The van der Waals surface area contributed by atoms with Gasteiger partial charge in [0.1, 0.15) is 0 Å². The van der Waals surface area contributed by atoms with Gasteiger partial charge in [-0.15, -0.1) is 5.10 Å². The quantitative estimate of drug-likeness (QED) is 0.334. The number of alkyl halides is 3. The number of benzene rings is 1. The molecule has 0 unspecified atom stereocenters. The van der Waals surface area contributed by atoms with Gasteiger partial charge in [-0.3, -0.25) is 5.43 Å². The Bertz CT molecular complexity index is 689. The number of anilines is 1. The predicted molar refractivity (Wildman–Crippen MR) is 98.8 cm³/mol. The lowest BCUT2D eigenvalue weighted by Gasteiger charge is -2.32. The zero-order valence-corrected chi connectivity index (χ0v) is 16.0. The van der Waals surface area contributed by atoms with Crippen molar-refractivity contribution >= 4 is 29.1 Å². The van der Waals surface area contributed by atoms with E-state index >= 15 is 0 Å². The second kappa shape index (κ2) is 9.30. The highest BCUT2D eigenvalue weighted by Gasteiger charge is 2.31. The Hall–Kier alpha value is -1.96. The summed E-state index contributed by atoms with van der Waals surface area (Å²) in [6.45, 7) is 1.84. The van der Waals surface area contributed by atoms with E-state index < -0.39 is 17.7 Å².